The zero-order valence-electron chi connectivity index (χ0n) is 45.9. The maximum absolute atomic E-state index is 13.0. The maximum Gasteiger partial charge on any atom is 0.472 e. The Bertz CT molecular complexity index is 1200. The second-order valence-electron chi connectivity index (χ2n) is 21.4. The lowest BCUT2D eigenvalue weighted by molar-refractivity contribution is -0.870. The van der Waals surface area contributed by atoms with Crippen LogP contribution >= 0.6 is 7.82 Å². The van der Waals surface area contributed by atoms with Crippen LogP contribution in [0.25, 0.3) is 0 Å². The molecule has 0 saturated carbocycles. The number of carbonyl (C=O) groups excluding carboxylic acids is 1. The number of hydrogen-bond acceptors (Lipinski definition) is 5. The Morgan fingerprint density at radius 3 is 1.18 bits per heavy atom. The fourth-order valence-corrected chi connectivity index (χ4v) is 9.46. The molecule has 0 saturated heterocycles. The summed E-state index contributed by atoms with van der Waals surface area (Å²) in [5, 5.41) is 13.9. The van der Waals surface area contributed by atoms with Gasteiger partial charge in [0.1, 0.15) is 13.2 Å². The van der Waals surface area contributed by atoms with Gasteiger partial charge >= 0.3 is 7.82 Å². The van der Waals surface area contributed by atoms with E-state index in [4.69, 9.17) is 9.05 Å². The first-order valence-corrected chi connectivity index (χ1v) is 30.9. The molecule has 0 spiro atoms. The molecule has 68 heavy (non-hydrogen) atoms. The van der Waals surface area contributed by atoms with Crippen LogP contribution in [0.4, 0.5) is 0 Å². The molecule has 3 atom stereocenters. The van der Waals surface area contributed by atoms with E-state index in [0.717, 1.165) is 44.9 Å². The van der Waals surface area contributed by atoms with Crippen molar-refractivity contribution in [2.45, 2.75) is 296 Å². The van der Waals surface area contributed by atoms with Gasteiger partial charge in [-0.1, -0.05) is 269 Å². The molecular formula is C59H116N2O6P+. The Balaban J connectivity index is 4.22. The molecule has 9 heteroatoms. The predicted molar refractivity (Wildman–Crippen MR) is 295 cm³/mol. The van der Waals surface area contributed by atoms with E-state index in [-0.39, 0.29) is 19.1 Å². The van der Waals surface area contributed by atoms with Crippen LogP contribution in [0.5, 0.6) is 0 Å². The number of carbonyl (C=O) groups is 1. The number of allylic oxidation sites excluding steroid dienone is 5. The molecule has 0 aliphatic rings. The number of likely N-dealkylation sites (N-methyl/N-ethyl adjacent to an activating group) is 1. The van der Waals surface area contributed by atoms with Crippen molar-refractivity contribution in [2.75, 3.05) is 40.9 Å². The molecule has 8 nitrogen and oxygen atoms in total. The van der Waals surface area contributed by atoms with Gasteiger partial charge in [0, 0.05) is 6.42 Å². The fraction of sp³-hybridized carbons (Fsp3) is 0.881. The molecule has 0 heterocycles. The van der Waals surface area contributed by atoms with Gasteiger partial charge in [0.25, 0.3) is 0 Å². The number of hydrogen-bond donors (Lipinski definition) is 3. The van der Waals surface area contributed by atoms with Crippen molar-refractivity contribution in [3.63, 3.8) is 0 Å². The van der Waals surface area contributed by atoms with E-state index in [1.165, 1.54) is 218 Å². The lowest BCUT2D eigenvalue weighted by Gasteiger charge is -2.25. The van der Waals surface area contributed by atoms with E-state index in [0.29, 0.717) is 17.4 Å². The van der Waals surface area contributed by atoms with Crippen LogP contribution in [0.2, 0.25) is 0 Å². The number of phosphoric ester groups is 1. The van der Waals surface area contributed by atoms with Gasteiger partial charge in [0.2, 0.25) is 5.91 Å². The summed E-state index contributed by atoms with van der Waals surface area (Å²) in [5.74, 6) is -0.187. The van der Waals surface area contributed by atoms with Crippen LogP contribution in [-0.2, 0) is 18.4 Å². The lowest BCUT2D eigenvalue weighted by Crippen LogP contribution is -2.45. The third-order valence-corrected chi connectivity index (χ3v) is 14.3. The van der Waals surface area contributed by atoms with Crippen LogP contribution in [0.1, 0.15) is 284 Å². The van der Waals surface area contributed by atoms with Crippen LogP contribution < -0.4 is 5.32 Å². The van der Waals surface area contributed by atoms with Crippen molar-refractivity contribution in [1.29, 1.82) is 0 Å². The number of phosphoric acid groups is 1. The Kier molecular flexibility index (Phi) is 49.7. The normalized spacial score (nSPS) is 14.2. The molecule has 402 valence electrons. The van der Waals surface area contributed by atoms with Crippen molar-refractivity contribution in [2.24, 2.45) is 0 Å². The van der Waals surface area contributed by atoms with Crippen molar-refractivity contribution >= 4 is 13.7 Å². The summed E-state index contributed by atoms with van der Waals surface area (Å²) >= 11 is 0. The monoisotopic (exact) mass is 980 g/mol. The number of aliphatic hydroxyl groups is 1. The van der Waals surface area contributed by atoms with Gasteiger partial charge in [-0.05, 0) is 44.9 Å². The van der Waals surface area contributed by atoms with E-state index < -0.39 is 20.0 Å². The van der Waals surface area contributed by atoms with Crippen molar-refractivity contribution in [1.82, 2.24) is 5.32 Å². The van der Waals surface area contributed by atoms with Gasteiger partial charge in [-0.15, -0.1) is 0 Å². The van der Waals surface area contributed by atoms with Crippen LogP contribution in [0, 0.1) is 0 Å². The molecule has 0 rings (SSSR count). The first-order valence-electron chi connectivity index (χ1n) is 29.4. The molecule has 3 unspecified atom stereocenters. The predicted octanol–water partition coefficient (Wildman–Crippen LogP) is 17.8. The van der Waals surface area contributed by atoms with Crippen molar-refractivity contribution in [3.8, 4) is 0 Å². The molecule has 0 aliphatic heterocycles. The SMILES string of the molecule is CCCCCCCCCCCCCCCCCCCCC/C=C/CC/C=C/CC/C=C/C(O)C(COP(=O)(O)OCC[N+](C)(C)C)NC(=O)CCCCCCCCCCCCCCCCCCC. The standard InChI is InChI=1S/C59H115N2O6P/c1-6-8-10-12-14-16-18-20-22-24-25-26-27-28-29-30-31-32-33-34-35-37-38-40-42-44-46-48-50-52-58(62)57(56-67-68(64,65)66-55-54-61(3,4)5)60-59(63)53-51-49-47-45-43-41-39-36-23-21-19-17-15-13-11-9-7-2/h35,37,42,44,50,52,57-58,62H,6-34,36,38-41,43,45-49,51,53-56H2,1-5H3,(H-,60,63,64,65)/p+1/b37-35+,44-42+,52-50+. The summed E-state index contributed by atoms with van der Waals surface area (Å²) in [7, 11) is 1.56. The summed E-state index contributed by atoms with van der Waals surface area (Å²) in [4.78, 5) is 23.3. The largest absolute Gasteiger partial charge is 0.472 e. The van der Waals surface area contributed by atoms with Crippen molar-refractivity contribution in [3.05, 3.63) is 36.5 Å². The van der Waals surface area contributed by atoms with Crippen LogP contribution in [-0.4, -0.2) is 73.4 Å². The van der Waals surface area contributed by atoms with E-state index in [1.54, 1.807) is 6.08 Å². The van der Waals surface area contributed by atoms with Gasteiger partial charge in [0.15, 0.2) is 0 Å². The highest BCUT2D eigenvalue weighted by molar-refractivity contribution is 7.47. The summed E-state index contributed by atoms with van der Waals surface area (Å²) in [6.07, 6.45) is 65.5. The number of nitrogens with one attached hydrogen (secondary N) is 1. The van der Waals surface area contributed by atoms with Gasteiger partial charge in [-0.25, -0.2) is 4.57 Å². The number of amides is 1. The summed E-state index contributed by atoms with van der Waals surface area (Å²) in [5.41, 5.74) is 0. The molecule has 1 amide bonds. The molecule has 0 bridgehead atoms. The maximum atomic E-state index is 13.0. The van der Waals surface area contributed by atoms with Gasteiger partial charge in [-0.3, -0.25) is 13.8 Å². The molecule has 0 aromatic carbocycles. The van der Waals surface area contributed by atoms with Gasteiger partial charge in [0.05, 0.1) is 39.9 Å². The minimum absolute atomic E-state index is 0.0551. The lowest BCUT2D eigenvalue weighted by atomic mass is 10.0. The molecular weight excluding hydrogens is 864 g/mol. The molecule has 3 N–H and O–H groups in total. The Hall–Kier alpha value is -1.28. The minimum Gasteiger partial charge on any atom is -0.387 e. The molecule has 0 aromatic heterocycles. The third-order valence-electron chi connectivity index (χ3n) is 13.3. The first kappa shape index (κ1) is 66.7. The van der Waals surface area contributed by atoms with E-state index in [1.807, 2.05) is 27.2 Å². The number of quaternary nitrogens is 1. The average Bonchev–Trinajstić information content (AvgIpc) is 3.30. The van der Waals surface area contributed by atoms with E-state index in [9.17, 15) is 19.4 Å². The first-order chi connectivity index (χ1) is 33.0. The highest BCUT2D eigenvalue weighted by atomic mass is 31.2. The second kappa shape index (κ2) is 50.7. The average molecular weight is 981 g/mol. The van der Waals surface area contributed by atoms with Gasteiger partial charge in [-0.2, -0.15) is 0 Å². The van der Waals surface area contributed by atoms with E-state index in [2.05, 4.69) is 43.5 Å². The van der Waals surface area contributed by atoms with Crippen LogP contribution in [0.15, 0.2) is 36.5 Å². The molecule has 0 fully saturated rings. The highest BCUT2D eigenvalue weighted by Crippen LogP contribution is 2.43. The summed E-state index contributed by atoms with van der Waals surface area (Å²) in [6, 6.07) is -0.867. The number of aliphatic hydroxyl groups excluding tert-OH is 1. The number of rotatable bonds is 54. The van der Waals surface area contributed by atoms with Crippen LogP contribution in [0.3, 0.4) is 0 Å². The quantitative estimate of drug-likeness (QED) is 0.0243. The zero-order chi connectivity index (χ0) is 49.9. The van der Waals surface area contributed by atoms with Crippen molar-refractivity contribution < 1.29 is 32.9 Å². The fourth-order valence-electron chi connectivity index (χ4n) is 8.72. The topological polar surface area (TPSA) is 105 Å². The third kappa shape index (κ3) is 52.5. The number of unbranched alkanes of at least 4 members (excludes halogenated alkanes) is 37. The molecule has 0 aliphatic carbocycles. The smallest absolute Gasteiger partial charge is 0.387 e. The zero-order valence-corrected chi connectivity index (χ0v) is 46.8. The molecule has 0 aromatic rings. The Labute approximate surface area is 423 Å². The minimum atomic E-state index is -4.36. The Morgan fingerprint density at radius 2 is 0.809 bits per heavy atom. The van der Waals surface area contributed by atoms with E-state index >= 15 is 0 Å². The van der Waals surface area contributed by atoms with Gasteiger partial charge < -0.3 is 19.8 Å². The Morgan fingerprint density at radius 1 is 0.485 bits per heavy atom. The highest BCUT2D eigenvalue weighted by Gasteiger charge is 2.27. The summed E-state index contributed by atoms with van der Waals surface area (Å²) in [6.45, 7) is 4.82. The number of nitrogens with zero attached hydrogens (tertiary/aromatic N) is 1. The molecule has 0 radical (unpaired) electrons. The summed E-state index contributed by atoms with van der Waals surface area (Å²) < 4.78 is 23.7. The second-order valence-corrected chi connectivity index (χ2v) is 22.8.